The Balaban J connectivity index is 1.95. The Bertz CT molecular complexity index is 732. The number of rotatable bonds is 6. The maximum absolute atomic E-state index is 12.2. The van der Waals surface area contributed by atoms with Crippen molar-refractivity contribution >= 4 is 11.6 Å². The largest absolute Gasteiger partial charge is 0.468 e. The maximum Gasteiger partial charge on any atom is 0.422 e. The number of hydrogen-bond donors (Lipinski definition) is 2. The lowest BCUT2D eigenvalue weighted by Crippen LogP contribution is -2.22. The van der Waals surface area contributed by atoms with Gasteiger partial charge < -0.3 is 15.8 Å². The maximum atomic E-state index is 12.2. The molecule has 5 nitrogen and oxygen atoms in total. The van der Waals surface area contributed by atoms with Gasteiger partial charge in [0.2, 0.25) is 5.88 Å². The minimum Gasteiger partial charge on any atom is -0.468 e. The number of ether oxygens (including phenoxy) is 1. The van der Waals surface area contributed by atoms with Crippen LogP contribution in [0.5, 0.6) is 5.88 Å². The van der Waals surface area contributed by atoms with E-state index in [1.165, 1.54) is 17.8 Å². The van der Waals surface area contributed by atoms with Gasteiger partial charge in [-0.05, 0) is 35.7 Å². The minimum atomic E-state index is -4.41. The molecule has 0 fully saturated rings. The Kier molecular flexibility index (Phi) is 6.21. The number of alkyl halides is 3. The Labute approximate surface area is 143 Å². The molecule has 0 aliphatic rings. The second-order valence-corrected chi connectivity index (χ2v) is 5.29. The molecular weight excluding hydrogens is 333 g/mol. The van der Waals surface area contributed by atoms with Gasteiger partial charge in [0.1, 0.15) is 0 Å². The molecule has 0 bridgehead atoms. The molecule has 1 aromatic carbocycles. The van der Waals surface area contributed by atoms with Crippen molar-refractivity contribution in [3.05, 3.63) is 53.7 Å². The minimum absolute atomic E-state index is 0.104. The van der Waals surface area contributed by atoms with E-state index in [4.69, 9.17) is 5.73 Å². The molecule has 0 amide bonds. The molecule has 0 atom stereocenters. The predicted molar refractivity (Wildman–Crippen MR) is 90.6 cm³/mol. The first-order valence-corrected chi connectivity index (χ1v) is 7.66. The molecule has 2 aromatic rings. The second-order valence-electron chi connectivity index (χ2n) is 5.29. The van der Waals surface area contributed by atoms with E-state index in [2.05, 4.69) is 27.0 Å². The lowest BCUT2D eigenvalue weighted by Gasteiger charge is -2.09. The smallest absolute Gasteiger partial charge is 0.422 e. The topological polar surface area (TPSA) is 72.5 Å². The number of nitrogens with zero attached hydrogens (tertiary/aromatic N) is 2. The first kappa shape index (κ1) is 18.6. The first-order chi connectivity index (χ1) is 11.9. The van der Waals surface area contributed by atoms with E-state index in [9.17, 15) is 13.2 Å². The summed E-state index contributed by atoms with van der Waals surface area (Å²) < 4.78 is 41.1. The highest BCUT2D eigenvalue weighted by Gasteiger charge is 2.28. The number of benzene rings is 1. The molecule has 0 unspecified atom stereocenters. The summed E-state index contributed by atoms with van der Waals surface area (Å²) in [5.74, 6) is 0.107. The van der Waals surface area contributed by atoms with Gasteiger partial charge in [-0.15, -0.1) is 0 Å². The number of aromatic nitrogens is 1. The third kappa shape index (κ3) is 6.70. The van der Waals surface area contributed by atoms with Crippen LogP contribution in [-0.2, 0) is 13.0 Å². The second kappa shape index (κ2) is 8.36. The molecule has 8 heteroatoms. The molecule has 25 heavy (non-hydrogen) atoms. The Hall–Kier alpha value is -2.77. The van der Waals surface area contributed by atoms with E-state index in [1.54, 1.807) is 6.07 Å². The van der Waals surface area contributed by atoms with Crippen molar-refractivity contribution in [1.82, 2.24) is 4.98 Å². The monoisotopic (exact) mass is 352 g/mol. The zero-order valence-electron chi connectivity index (χ0n) is 13.7. The number of pyridine rings is 1. The lowest BCUT2D eigenvalue weighted by atomic mass is 10.1. The van der Waals surface area contributed by atoms with Gasteiger partial charge in [-0.3, -0.25) is 0 Å². The van der Waals surface area contributed by atoms with Gasteiger partial charge in [0, 0.05) is 18.0 Å². The molecular formula is C17H19F3N4O. The van der Waals surface area contributed by atoms with Crippen LogP contribution < -0.4 is 15.8 Å². The van der Waals surface area contributed by atoms with E-state index in [0.717, 1.165) is 12.1 Å². The number of aliphatic imine (C=N–C) groups is 1. The Morgan fingerprint density at radius 1 is 1.24 bits per heavy atom. The molecule has 0 saturated heterocycles. The fourth-order valence-corrected chi connectivity index (χ4v) is 2.02. The summed E-state index contributed by atoms with van der Waals surface area (Å²) in [6.45, 7) is 0.861. The molecule has 3 N–H and O–H groups in total. The molecule has 0 saturated carbocycles. The average molecular weight is 352 g/mol. The van der Waals surface area contributed by atoms with Crippen LogP contribution in [0.2, 0.25) is 0 Å². The van der Waals surface area contributed by atoms with Crippen LogP contribution >= 0.6 is 0 Å². The van der Waals surface area contributed by atoms with Crippen molar-refractivity contribution in [1.29, 1.82) is 0 Å². The zero-order valence-corrected chi connectivity index (χ0v) is 13.7. The molecule has 1 heterocycles. The summed E-state index contributed by atoms with van der Waals surface area (Å²) >= 11 is 0. The van der Waals surface area contributed by atoms with Crippen molar-refractivity contribution in [2.24, 2.45) is 10.7 Å². The number of anilines is 1. The quantitative estimate of drug-likeness (QED) is 0.616. The highest BCUT2D eigenvalue weighted by atomic mass is 19.4. The van der Waals surface area contributed by atoms with Crippen molar-refractivity contribution in [2.45, 2.75) is 26.1 Å². The summed E-state index contributed by atoms with van der Waals surface area (Å²) in [5.41, 5.74) is 8.47. The van der Waals surface area contributed by atoms with Crippen LogP contribution in [0.25, 0.3) is 0 Å². The van der Waals surface area contributed by atoms with Gasteiger partial charge in [-0.25, -0.2) is 9.98 Å². The van der Waals surface area contributed by atoms with E-state index in [1.807, 2.05) is 24.3 Å². The summed E-state index contributed by atoms with van der Waals surface area (Å²) in [4.78, 5) is 7.91. The van der Waals surface area contributed by atoms with Gasteiger partial charge in [-0.2, -0.15) is 13.2 Å². The summed E-state index contributed by atoms with van der Waals surface area (Å²) in [6.07, 6.45) is -2.13. The fraction of sp³-hybridized carbons (Fsp3) is 0.294. The molecule has 0 spiro atoms. The molecule has 134 valence electrons. The molecule has 0 aliphatic carbocycles. The molecule has 2 rings (SSSR count). The molecule has 1 aromatic heterocycles. The van der Waals surface area contributed by atoms with Crippen LogP contribution in [0.15, 0.2) is 47.6 Å². The summed E-state index contributed by atoms with van der Waals surface area (Å²) in [7, 11) is 0. The van der Waals surface area contributed by atoms with Crippen LogP contribution in [0.1, 0.15) is 18.1 Å². The summed E-state index contributed by atoms with van der Waals surface area (Å²) in [6, 6.07) is 10.8. The van der Waals surface area contributed by atoms with Crippen molar-refractivity contribution < 1.29 is 17.9 Å². The number of guanidine groups is 1. The number of nitrogens with two attached hydrogens (primary N) is 1. The Morgan fingerprint density at radius 2 is 2.04 bits per heavy atom. The Morgan fingerprint density at radius 3 is 2.76 bits per heavy atom. The lowest BCUT2D eigenvalue weighted by molar-refractivity contribution is -0.154. The average Bonchev–Trinajstić information content (AvgIpc) is 2.58. The van der Waals surface area contributed by atoms with E-state index in [-0.39, 0.29) is 18.4 Å². The van der Waals surface area contributed by atoms with Crippen molar-refractivity contribution in [2.75, 3.05) is 11.9 Å². The molecule has 0 aliphatic heterocycles. The van der Waals surface area contributed by atoms with Crippen LogP contribution in [0.4, 0.5) is 18.9 Å². The third-order valence-electron chi connectivity index (χ3n) is 3.22. The standard InChI is InChI=1S/C17H19F3N4O/c1-2-12-4-3-5-14(8-12)24-16(21)23-10-13-6-7-22-15(9-13)25-11-17(18,19)20/h3-9H,2,10-11H2,1H3,(H3,21,23,24). The highest BCUT2D eigenvalue weighted by molar-refractivity contribution is 5.92. The van der Waals surface area contributed by atoms with E-state index >= 15 is 0 Å². The number of halogens is 3. The van der Waals surface area contributed by atoms with Crippen LogP contribution in [0.3, 0.4) is 0 Å². The first-order valence-electron chi connectivity index (χ1n) is 7.66. The molecule has 0 radical (unpaired) electrons. The summed E-state index contributed by atoms with van der Waals surface area (Å²) in [5, 5.41) is 2.98. The number of nitrogens with one attached hydrogen (secondary N) is 1. The van der Waals surface area contributed by atoms with Gasteiger partial charge in [0.25, 0.3) is 0 Å². The van der Waals surface area contributed by atoms with Gasteiger partial charge in [0.15, 0.2) is 12.6 Å². The number of hydrogen-bond acceptors (Lipinski definition) is 3. The third-order valence-corrected chi connectivity index (χ3v) is 3.22. The SMILES string of the molecule is CCc1cccc(NC(N)=NCc2ccnc(OCC(F)(F)F)c2)c1. The van der Waals surface area contributed by atoms with Crippen LogP contribution in [-0.4, -0.2) is 23.7 Å². The van der Waals surface area contributed by atoms with E-state index in [0.29, 0.717) is 5.56 Å². The fourth-order valence-electron chi connectivity index (χ4n) is 2.02. The number of aryl methyl sites for hydroxylation is 1. The predicted octanol–water partition coefficient (Wildman–Crippen LogP) is 3.51. The van der Waals surface area contributed by atoms with Crippen molar-refractivity contribution in [3.63, 3.8) is 0 Å². The van der Waals surface area contributed by atoms with Gasteiger partial charge in [-0.1, -0.05) is 19.1 Å². The van der Waals surface area contributed by atoms with E-state index < -0.39 is 12.8 Å². The highest BCUT2D eigenvalue weighted by Crippen LogP contribution is 2.18. The van der Waals surface area contributed by atoms with Gasteiger partial charge in [0.05, 0.1) is 6.54 Å². The zero-order chi connectivity index (χ0) is 18.3. The van der Waals surface area contributed by atoms with Crippen LogP contribution in [0, 0.1) is 0 Å². The van der Waals surface area contributed by atoms with Gasteiger partial charge >= 0.3 is 6.18 Å². The normalized spacial score (nSPS) is 12.1. The van der Waals surface area contributed by atoms with Crippen molar-refractivity contribution in [3.8, 4) is 5.88 Å².